The number of carbonyl (C=O) groups excluding carboxylic acids is 2. The molecular formula is C22H21N5O3S2. The number of nitrogens with zero attached hydrogens (tertiary/aromatic N) is 3. The molecule has 0 atom stereocenters. The molecule has 0 radical (unpaired) electrons. The van der Waals surface area contributed by atoms with Crippen LogP contribution in [0.3, 0.4) is 0 Å². The van der Waals surface area contributed by atoms with Crippen molar-refractivity contribution in [3.63, 3.8) is 0 Å². The second-order valence-corrected chi connectivity index (χ2v) is 9.31. The first-order chi connectivity index (χ1) is 15.4. The molecule has 0 fully saturated rings. The van der Waals surface area contributed by atoms with Gasteiger partial charge in [0.25, 0.3) is 5.91 Å². The van der Waals surface area contributed by atoms with Gasteiger partial charge in [-0.3, -0.25) is 14.9 Å². The molecule has 0 aliphatic heterocycles. The van der Waals surface area contributed by atoms with Crippen molar-refractivity contribution >= 4 is 45.7 Å². The van der Waals surface area contributed by atoms with Gasteiger partial charge in [0.2, 0.25) is 5.91 Å². The maximum Gasteiger partial charge on any atom is 0.257 e. The predicted octanol–water partition coefficient (Wildman–Crippen LogP) is 3.82. The maximum absolute atomic E-state index is 12.5. The summed E-state index contributed by atoms with van der Waals surface area (Å²) >= 11 is 2.63. The van der Waals surface area contributed by atoms with Gasteiger partial charge in [0, 0.05) is 18.0 Å². The number of benzene rings is 1. The van der Waals surface area contributed by atoms with E-state index in [4.69, 9.17) is 10.5 Å². The van der Waals surface area contributed by atoms with Crippen LogP contribution in [0.15, 0.2) is 53.0 Å². The normalized spacial score (nSPS) is 10.9. The molecule has 32 heavy (non-hydrogen) atoms. The standard InChI is InChI=1S/C22H21N5O3S2/c1-13-4-3-9-27-10-16(25-19(13)27)11-30-17-7-5-15(6-8-17)20(29)26-22-24-14(2)21(32-22)31-12-18(23)28/h3-10H,11-12H2,1-2H3,(H2,23,28)(H,24,26,29). The van der Waals surface area contributed by atoms with Gasteiger partial charge >= 0.3 is 0 Å². The van der Waals surface area contributed by atoms with E-state index in [0.717, 1.165) is 26.8 Å². The summed E-state index contributed by atoms with van der Waals surface area (Å²) in [6.07, 6.45) is 3.89. The van der Waals surface area contributed by atoms with E-state index in [1.807, 2.05) is 42.8 Å². The molecule has 10 heteroatoms. The molecular weight excluding hydrogens is 446 g/mol. The number of hydrogen-bond donors (Lipinski definition) is 2. The Morgan fingerprint density at radius 2 is 1.97 bits per heavy atom. The molecule has 2 amide bonds. The Morgan fingerprint density at radius 3 is 2.69 bits per heavy atom. The third kappa shape index (κ3) is 5.09. The number of ether oxygens (including phenoxy) is 1. The summed E-state index contributed by atoms with van der Waals surface area (Å²) < 4.78 is 8.65. The van der Waals surface area contributed by atoms with E-state index in [1.165, 1.54) is 23.1 Å². The van der Waals surface area contributed by atoms with Crippen LogP contribution < -0.4 is 15.8 Å². The molecule has 0 unspecified atom stereocenters. The summed E-state index contributed by atoms with van der Waals surface area (Å²) in [7, 11) is 0. The van der Waals surface area contributed by atoms with Gasteiger partial charge in [-0.2, -0.15) is 0 Å². The van der Waals surface area contributed by atoms with Crippen molar-refractivity contribution in [2.45, 2.75) is 24.7 Å². The molecule has 0 aliphatic rings. The minimum absolute atomic E-state index is 0.173. The number of fused-ring (bicyclic) bond motifs is 1. The van der Waals surface area contributed by atoms with Crippen LogP contribution in [-0.4, -0.2) is 31.9 Å². The number of primary amides is 1. The van der Waals surface area contributed by atoms with Crippen molar-refractivity contribution in [1.29, 1.82) is 0 Å². The topological polar surface area (TPSA) is 112 Å². The first-order valence-electron chi connectivity index (χ1n) is 9.75. The van der Waals surface area contributed by atoms with Crippen LogP contribution in [0, 0.1) is 13.8 Å². The maximum atomic E-state index is 12.5. The van der Waals surface area contributed by atoms with Crippen molar-refractivity contribution in [2.75, 3.05) is 11.1 Å². The fraction of sp³-hybridized carbons (Fsp3) is 0.182. The van der Waals surface area contributed by atoms with Crippen LogP contribution >= 0.6 is 23.1 Å². The number of nitrogens with two attached hydrogens (primary N) is 1. The number of nitrogens with one attached hydrogen (secondary N) is 1. The first kappa shape index (κ1) is 21.8. The Morgan fingerprint density at radius 1 is 1.19 bits per heavy atom. The molecule has 4 aromatic rings. The Balaban J connectivity index is 1.35. The lowest BCUT2D eigenvalue weighted by molar-refractivity contribution is -0.115. The highest BCUT2D eigenvalue weighted by molar-refractivity contribution is 8.01. The molecule has 1 aromatic carbocycles. The fourth-order valence-corrected chi connectivity index (χ4v) is 4.88. The van der Waals surface area contributed by atoms with Crippen LogP contribution in [0.4, 0.5) is 5.13 Å². The quantitative estimate of drug-likeness (QED) is 0.381. The van der Waals surface area contributed by atoms with Crippen LogP contribution in [0.1, 0.15) is 27.3 Å². The smallest absolute Gasteiger partial charge is 0.257 e. The number of anilines is 1. The van der Waals surface area contributed by atoms with Crippen molar-refractivity contribution in [3.05, 3.63) is 71.3 Å². The van der Waals surface area contributed by atoms with Crippen LogP contribution in [0.2, 0.25) is 0 Å². The van der Waals surface area contributed by atoms with Gasteiger partial charge in [-0.15, -0.1) is 11.8 Å². The number of amides is 2. The molecule has 3 heterocycles. The van der Waals surface area contributed by atoms with Gasteiger partial charge in [0.1, 0.15) is 18.0 Å². The predicted molar refractivity (Wildman–Crippen MR) is 125 cm³/mol. The van der Waals surface area contributed by atoms with E-state index >= 15 is 0 Å². The second kappa shape index (κ2) is 9.41. The monoisotopic (exact) mass is 467 g/mol. The highest BCUT2D eigenvalue weighted by atomic mass is 32.2. The Labute approximate surface area is 192 Å². The number of aryl methyl sites for hydroxylation is 2. The minimum Gasteiger partial charge on any atom is -0.487 e. The second-order valence-electron chi connectivity index (χ2n) is 7.07. The molecule has 164 valence electrons. The summed E-state index contributed by atoms with van der Waals surface area (Å²) in [5.41, 5.74) is 9.26. The third-order valence-electron chi connectivity index (χ3n) is 4.55. The number of aromatic nitrogens is 3. The number of thioether (sulfide) groups is 1. The SMILES string of the molecule is Cc1nc(NC(=O)c2ccc(OCc3cn4cccc(C)c4n3)cc2)sc1SCC(N)=O. The molecule has 8 nitrogen and oxygen atoms in total. The van der Waals surface area contributed by atoms with E-state index in [-0.39, 0.29) is 11.7 Å². The number of rotatable bonds is 8. The zero-order chi connectivity index (χ0) is 22.7. The molecule has 0 bridgehead atoms. The van der Waals surface area contributed by atoms with Gasteiger partial charge in [0.05, 0.1) is 21.3 Å². The van der Waals surface area contributed by atoms with Crippen LogP contribution in [-0.2, 0) is 11.4 Å². The molecule has 4 rings (SSSR count). The van der Waals surface area contributed by atoms with Crippen LogP contribution in [0.25, 0.3) is 5.65 Å². The van der Waals surface area contributed by atoms with E-state index in [2.05, 4.69) is 15.3 Å². The number of pyridine rings is 1. The Hall–Kier alpha value is -3.37. The van der Waals surface area contributed by atoms with Crippen molar-refractivity contribution in [1.82, 2.24) is 14.4 Å². The summed E-state index contributed by atoms with van der Waals surface area (Å²) in [5, 5.41) is 3.26. The number of imidazole rings is 1. The largest absolute Gasteiger partial charge is 0.487 e. The lowest BCUT2D eigenvalue weighted by Gasteiger charge is -2.06. The molecule has 0 aliphatic carbocycles. The van der Waals surface area contributed by atoms with Gasteiger partial charge in [0.15, 0.2) is 5.13 Å². The fourth-order valence-electron chi connectivity index (χ4n) is 3.01. The number of hydrogen-bond acceptors (Lipinski definition) is 7. The molecule has 3 aromatic heterocycles. The average molecular weight is 468 g/mol. The number of carbonyl (C=O) groups is 2. The lowest BCUT2D eigenvalue weighted by atomic mass is 10.2. The van der Waals surface area contributed by atoms with Gasteiger partial charge in [-0.25, -0.2) is 9.97 Å². The minimum atomic E-state index is -0.396. The third-order valence-corrected chi connectivity index (χ3v) is 7.01. The van der Waals surface area contributed by atoms with E-state index in [0.29, 0.717) is 23.1 Å². The molecule has 3 N–H and O–H groups in total. The van der Waals surface area contributed by atoms with E-state index in [1.54, 1.807) is 24.3 Å². The molecule has 0 spiro atoms. The summed E-state index contributed by atoms with van der Waals surface area (Å²) in [6, 6.07) is 10.9. The van der Waals surface area contributed by atoms with Gasteiger partial charge in [-0.05, 0) is 49.7 Å². The number of thiazole rings is 1. The highest BCUT2D eigenvalue weighted by Gasteiger charge is 2.13. The lowest BCUT2D eigenvalue weighted by Crippen LogP contribution is -2.12. The summed E-state index contributed by atoms with van der Waals surface area (Å²) in [6.45, 7) is 4.17. The van der Waals surface area contributed by atoms with Gasteiger partial charge in [-0.1, -0.05) is 17.4 Å². The average Bonchev–Trinajstić information content (AvgIpc) is 3.34. The highest BCUT2D eigenvalue weighted by Crippen LogP contribution is 2.32. The summed E-state index contributed by atoms with van der Waals surface area (Å²) in [4.78, 5) is 32.4. The van der Waals surface area contributed by atoms with E-state index < -0.39 is 5.91 Å². The molecule has 0 saturated heterocycles. The zero-order valence-corrected chi connectivity index (χ0v) is 19.1. The zero-order valence-electron chi connectivity index (χ0n) is 17.5. The molecule has 0 saturated carbocycles. The van der Waals surface area contributed by atoms with Crippen molar-refractivity contribution < 1.29 is 14.3 Å². The Bertz CT molecular complexity index is 1280. The van der Waals surface area contributed by atoms with Gasteiger partial charge < -0.3 is 14.9 Å². The van der Waals surface area contributed by atoms with E-state index in [9.17, 15) is 9.59 Å². The van der Waals surface area contributed by atoms with Crippen molar-refractivity contribution in [3.8, 4) is 5.75 Å². The van der Waals surface area contributed by atoms with Crippen LogP contribution in [0.5, 0.6) is 5.75 Å². The Kier molecular flexibility index (Phi) is 6.42. The summed E-state index contributed by atoms with van der Waals surface area (Å²) in [5.74, 6) is 0.150. The van der Waals surface area contributed by atoms with Crippen molar-refractivity contribution in [2.24, 2.45) is 5.73 Å². The first-order valence-corrected chi connectivity index (χ1v) is 11.5.